The average Bonchev–Trinajstić information content (AvgIpc) is 3.38. The lowest BCUT2D eigenvalue weighted by Gasteiger charge is -2.26. The third kappa shape index (κ3) is 4.33. The van der Waals surface area contributed by atoms with Gasteiger partial charge < -0.3 is 15.0 Å². The van der Waals surface area contributed by atoms with Gasteiger partial charge in [0.25, 0.3) is 11.7 Å². The molecule has 2 heterocycles. The van der Waals surface area contributed by atoms with Gasteiger partial charge in [-0.3, -0.25) is 9.59 Å². The van der Waals surface area contributed by atoms with Gasteiger partial charge in [0, 0.05) is 35.4 Å². The van der Waals surface area contributed by atoms with Crippen LogP contribution in [0.3, 0.4) is 0 Å². The summed E-state index contributed by atoms with van der Waals surface area (Å²) in [4.78, 5) is 34.8. The number of hydrogen-bond acceptors (Lipinski definition) is 4. The molecule has 1 aliphatic rings. The zero-order valence-electron chi connectivity index (χ0n) is 16.7. The quantitative estimate of drug-likeness (QED) is 0.247. The van der Waals surface area contributed by atoms with Gasteiger partial charge in [-0.15, -0.1) is 0 Å². The monoisotopic (exact) mass is 533 g/mol. The van der Waals surface area contributed by atoms with Gasteiger partial charge in [0.15, 0.2) is 0 Å². The number of aromatic nitrogens is 2. The number of H-pyrrole nitrogens is 1. The zero-order valence-corrected chi connectivity index (χ0v) is 19.8. The Kier molecular flexibility index (Phi) is 6.69. The average molecular weight is 535 g/mol. The van der Waals surface area contributed by atoms with Gasteiger partial charge in [-0.05, 0) is 36.2 Å². The number of nitrogens with one attached hydrogen (secondary N) is 1. The molecule has 1 aromatic heterocycles. The Morgan fingerprint density at radius 3 is 2.62 bits per heavy atom. The van der Waals surface area contributed by atoms with E-state index in [0.717, 1.165) is 10.3 Å². The molecule has 4 rings (SSSR count). The number of imidazole rings is 1. The Balaban J connectivity index is 1.77. The molecule has 1 unspecified atom stereocenters. The van der Waals surface area contributed by atoms with Crippen molar-refractivity contribution in [3.05, 3.63) is 91.9 Å². The van der Waals surface area contributed by atoms with Crippen LogP contribution in [0.5, 0.6) is 0 Å². The lowest BCUT2D eigenvalue weighted by atomic mass is 9.95. The lowest BCUT2D eigenvalue weighted by Crippen LogP contribution is -2.31. The SMILES string of the molecule is O=C1C(=O)N(CCCc2ncc[nH]2)C(c2ccccc2Br)/C1=C(\O)c1ccc(Cl)c(Cl)c1. The third-order valence-electron chi connectivity index (χ3n) is 5.30. The van der Waals surface area contributed by atoms with Crippen LogP contribution in [0.2, 0.25) is 10.0 Å². The summed E-state index contributed by atoms with van der Waals surface area (Å²) in [6.45, 7) is 0.315. The highest BCUT2D eigenvalue weighted by Crippen LogP contribution is 2.42. The van der Waals surface area contributed by atoms with Gasteiger partial charge in [-0.2, -0.15) is 0 Å². The van der Waals surface area contributed by atoms with Crippen molar-refractivity contribution >= 4 is 56.6 Å². The number of carbonyl (C=O) groups is 2. The standard InChI is InChI=1S/C23H18BrCl2N3O3/c24-15-5-2-1-4-14(15)20-19(21(30)13-7-8-16(25)17(26)12-13)22(31)23(32)29(20)11-3-6-18-27-9-10-28-18/h1-2,4-5,7-10,12,20,30H,3,6,11H2,(H,27,28)/b21-19+. The number of rotatable bonds is 6. The number of amides is 1. The number of halogens is 3. The maximum absolute atomic E-state index is 13.1. The first kappa shape index (κ1) is 22.6. The first-order valence-electron chi connectivity index (χ1n) is 9.85. The number of ketones is 1. The lowest BCUT2D eigenvalue weighted by molar-refractivity contribution is -0.139. The molecular formula is C23H18BrCl2N3O3. The van der Waals surface area contributed by atoms with Gasteiger partial charge in [0.05, 0.1) is 21.7 Å². The second-order valence-corrected chi connectivity index (χ2v) is 8.95. The van der Waals surface area contributed by atoms with Crippen molar-refractivity contribution in [2.24, 2.45) is 0 Å². The summed E-state index contributed by atoms with van der Waals surface area (Å²) in [6.07, 6.45) is 4.61. The number of carbonyl (C=O) groups excluding carboxylic acids is 2. The molecule has 0 spiro atoms. The van der Waals surface area contributed by atoms with Gasteiger partial charge in [-0.25, -0.2) is 4.98 Å². The number of benzene rings is 2. The topological polar surface area (TPSA) is 86.3 Å². The van der Waals surface area contributed by atoms with Crippen LogP contribution in [0.4, 0.5) is 0 Å². The minimum absolute atomic E-state index is 0.0123. The van der Waals surface area contributed by atoms with Gasteiger partial charge in [-0.1, -0.05) is 57.3 Å². The molecule has 0 saturated carbocycles. The molecule has 0 aliphatic carbocycles. The maximum atomic E-state index is 13.1. The van der Waals surface area contributed by atoms with E-state index in [4.69, 9.17) is 23.2 Å². The van der Waals surface area contributed by atoms with E-state index >= 15 is 0 Å². The fourth-order valence-corrected chi connectivity index (χ4v) is 4.58. The Bertz CT molecular complexity index is 1210. The number of Topliss-reactive ketones (excluding diaryl/α,β-unsaturated/α-hetero) is 1. The minimum atomic E-state index is -0.753. The molecule has 1 fully saturated rings. The molecule has 0 bridgehead atoms. The normalized spacial score (nSPS) is 17.8. The summed E-state index contributed by atoms with van der Waals surface area (Å²) < 4.78 is 0.725. The third-order valence-corrected chi connectivity index (χ3v) is 6.76. The van der Waals surface area contributed by atoms with Crippen LogP contribution in [-0.2, 0) is 16.0 Å². The summed E-state index contributed by atoms with van der Waals surface area (Å²) >= 11 is 15.6. The summed E-state index contributed by atoms with van der Waals surface area (Å²) in [7, 11) is 0. The van der Waals surface area contributed by atoms with E-state index in [2.05, 4.69) is 25.9 Å². The number of aryl methyl sites for hydroxylation is 1. The van der Waals surface area contributed by atoms with E-state index in [1.54, 1.807) is 18.5 Å². The molecule has 1 amide bonds. The van der Waals surface area contributed by atoms with Crippen molar-refractivity contribution in [1.29, 1.82) is 0 Å². The van der Waals surface area contributed by atoms with Crippen molar-refractivity contribution < 1.29 is 14.7 Å². The second kappa shape index (κ2) is 9.48. The Hall–Kier alpha value is -2.61. The van der Waals surface area contributed by atoms with Crippen LogP contribution in [0.25, 0.3) is 5.76 Å². The fraction of sp³-hybridized carbons (Fsp3) is 0.174. The highest BCUT2D eigenvalue weighted by Gasteiger charge is 2.46. The molecule has 6 nitrogen and oxygen atoms in total. The minimum Gasteiger partial charge on any atom is -0.507 e. The van der Waals surface area contributed by atoms with Crippen molar-refractivity contribution in [3.8, 4) is 0 Å². The van der Waals surface area contributed by atoms with E-state index < -0.39 is 17.7 Å². The van der Waals surface area contributed by atoms with Crippen molar-refractivity contribution in [2.75, 3.05) is 6.54 Å². The van der Waals surface area contributed by atoms with E-state index in [1.807, 2.05) is 24.3 Å². The van der Waals surface area contributed by atoms with E-state index in [1.165, 1.54) is 17.0 Å². The second-order valence-electron chi connectivity index (χ2n) is 7.28. The molecule has 2 N–H and O–H groups in total. The number of aliphatic hydroxyl groups excluding tert-OH is 1. The van der Waals surface area contributed by atoms with E-state index in [0.29, 0.717) is 35.5 Å². The van der Waals surface area contributed by atoms with Gasteiger partial charge in [0.2, 0.25) is 0 Å². The van der Waals surface area contributed by atoms with Crippen LogP contribution < -0.4 is 0 Å². The summed E-state index contributed by atoms with van der Waals surface area (Å²) in [6, 6.07) is 11.1. The first-order chi connectivity index (χ1) is 15.4. The predicted octanol–water partition coefficient (Wildman–Crippen LogP) is 5.53. The Morgan fingerprint density at radius 1 is 1.16 bits per heavy atom. The van der Waals surface area contributed by atoms with Gasteiger partial charge in [0.1, 0.15) is 11.6 Å². The molecular weight excluding hydrogens is 517 g/mol. The first-order valence-corrected chi connectivity index (χ1v) is 11.4. The number of likely N-dealkylation sites (tertiary alicyclic amines) is 1. The summed E-state index contributed by atoms with van der Waals surface area (Å²) in [5.74, 6) is -0.898. The van der Waals surface area contributed by atoms with Crippen molar-refractivity contribution in [1.82, 2.24) is 14.9 Å². The van der Waals surface area contributed by atoms with E-state index in [-0.39, 0.29) is 16.4 Å². The highest BCUT2D eigenvalue weighted by atomic mass is 79.9. The fourth-order valence-electron chi connectivity index (χ4n) is 3.78. The van der Waals surface area contributed by atoms with Crippen LogP contribution in [0, 0.1) is 0 Å². The Morgan fingerprint density at radius 2 is 1.94 bits per heavy atom. The molecule has 1 aliphatic heterocycles. The van der Waals surface area contributed by atoms with Crippen LogP contribution >= 0.6 is 39.1 Å². The zero-order chi connectivity index (χ0) is 22.8. The van der Waals surface area contributed by atoms with Crippen LogP contribution in [0.15, 0.2) is 64.9 Å². The Labute approximate surface area is 203 Å². The predicted molar refractivity (Wildman–Crippen MR) is 127 cm³/mol. The molecule has 2 aromatic carbocycles. The molecule has 164 valence electrons. The number of hydrogen-bond donors (Lipinski definition) is 2. The molecule has 9 heteroatoms. The smallest absolute Gasteiger partial charge is 0.295 e. The molecule has 1 saturated heterocycles. The molecule has 0 radical (unpaired) electrons. The number of aliphatic hydroxyl groups is 1. The van der Waals surface area contributed by atoms with Gasteiger partial charge >= 0.3 is 0 Å². The van der Waals surface area contributed by atoms with Crippen molar-refractivity contribution in [2.45, 2.75) is 18.9 Å². The van der Waals surface area contributed by atoms with E-state index in [9.17, 15) is 14.7 Å². The maximum Gasteiger partial charge on any atom is 0.295 e. The highest BCUT2D eigenvalue weighted by molar-refractivity contribution is 9.10. The van der Waals surface area contributed by atoms with Crippen molar-refractivity contribution in [3.63, 3.8) is 0 Å². The molecule has 32 heavy (non-hydrogen) atoms. The number of nitrogens with zero attached hydrogens (tertiary/aromatic N) is 2. The summed E-state index contributed by atoms with van der Waals surface area (Å²) in [5.41, 5.74) is 1.02. The largest absolute Gasteiger partial charge is 0.507 e. The van der Waals surface area contributed by atoms with Crippen LogP contribution in [0.1, 0.15) is 29.4 Å². The molecule has 1 atom stereocenters. The summed E-state index contributed by atoms with van der Waals surface area (Å²) in [5, 5.41) is 11.6. The van der Waals surface area contributed by atoms with Crippen LogP contribution in [-0.4, -0.2) is 38.2 Å². The number of aromatic amines is 1. The molecule has 3 aromatic rings.